The summed E-state index contributed by atoms with van der Waals surface area (Å²) in [6, 6.07) is 11.3. The molecule has 0 aliphatic heterocycles. The molecule has 0 bridgehead atoms. The maximum Gasteiger partial charge on any atom is 0.277 e. The molecule has 0 atom stereocenters. The number of ether oxygens (including phenoxy) is 1. The lowest BCUT2D eigenvalue weighted by molar-refractivity contribution is 0.340. The second-order valence-electron chi connectivity index (χ2n) is 4.68. The molecular weight excluding hydrogens is 312 g/mol. The van der Waals surface area contributed by atoms with E-state index in [4.69, 9.17) is 14.9 Å². The zero-order chi connectivity index (χ0) is 16.1. The fourth-order valence-corrected chi connectivity index (χ4v) is 2.74. The summed E-state index contributed by atoms with van der Waals surface area (Å²) in [7, 11) is 0. The van der Waals surface area contributed by atoms with Crippen LogP contribution in [0, 0.1) is 0 Å². The van der Waals surface area contributed by atoms with E-state index in [9.17, 15) is 0 Å². The van der Waals surface area contributed by atoms with Crippen LogP contribution in [0.3, 0.4) is 0 Å². The van der Waals surface area contributed by atoms with Crippen molar-refractivity contribution in [3.8, 4) is 17.2 Å². The third-order valence-corrected chi connectivity index (χ3v) is 3.92. The number of nitrogens with zero attached hydrogens (tertiary/aromatic N) is 3. The molecule has 0 spiro atoms. The fraction of sp³-hybridized carbons (Fsp3) is 0.188. The van der Waals surface area contributed by atoms with E-state index in [1.807, 2.05) is 43.3 Å². The zero-order valence-electron chi connectivity index (χ0n) is 12.6. The summed E-state index contributed by atoms with van der Waals surface area (Å²) in [4.78, 5) is 3.97. The van der Waals surface area contributed by atoms with Gasteiger partial charge in [-0.05, 0) is 36.8 Å². The maximum atomic E-state index is 5.72. The molecule has 3 aromatic rings. The number of aromatic nitrogens is 3. The number of hydrogen-bond donors (Lipinski definition) is 1. The van der Waals surface area contributed by atoms with Crippen molar-refractivity contribution in [2.45, 2.75) is 17.9 Å². The molecule has 118 valence electrons. The molecule has 2 heterocycles. The highest BCUT2D eigenvalue weighted by Gasteiger charge is 2.13. The van der Waals surface area contributed by atoms with Crippen LogP contribution in [0.2, 0.25) is 0 Å². The number of rotatable bonds is 6. The molecule has 2 N–H and O–H groups in total. The monoisotopic (exact) mass is 328 g/mol. The average molecular weight is 328 g/mol. The summed E-state index contributed by atoms with van der Waals surface area (Å²) in [6.45, 7) is 2.52. The molecule has 2 aromatic heterocycles. The van der Waals surface area contributed by atoms with E-state index >= 15 is 0 Å². The van der Waals surface area contributed by atoms with E-state index in [2.05, 4.69) is 15.2 Å². The molecule has 6 nitrogen and oxygen atoms in total. The number of nitrogens with two attached hydrogens (primary N) is 1. The Morgan fingerprint density at radius 2 is 2.09 bits per heavy atom. The molecule has 7 heteroatoms. The first-order chi connectivity index (χ1) is 11.3. The van der Waals surface area contributed by atoms with E-state index in [1.165, 1.54) is 11.8 Å². The van der Waals surface area contributed by atoms with E-state index in [0.29, 0.717) is 29.3 Å². The summed E-state index contributed by atoms with van der Waals surface area (Å²) in [6.07, 6.45) is 1.68. The van der Waals surface area contributed by atoms with Crippen molar-refractivity contribution in [3.05, 3.63) is 48.2 Å². The first-order valence-corrected chi connectivity index (χ1v) is 8.13. The summed E-state index contributed by atoms with van der Waals surface area (Å²) < 4.78 is 11.3. The van der Waals surface area contributed by atoms with E-state index in [0.717, 1.165) is 16.9 Å². The van der Waals surface area contributed by atoms with Gasteiger partial charge in [0.1, 0.15) is 11.6 Å². The third kappa shape index (κ3) is 3.81. The average Bonchev–Trinajstić information content (AvgIpc) is 3.03. The smallest absolute Gasteiger partial charge is 0.277 e. The van der Waals surface area contributed by atoms with E-state index in [-0.39, 0.29) is 0 Å². The van der Waals surface area contributed by atoms with Gasteiger partial charge >= 0.3 is 0 Å². The highest BCUT2D eigenvalue weighted by atomic mass is 32.2. The molecule has 3 rings (SSSR count). The first-order valence-electron chi connectivity index (χ1n) is 7.15. The minimum atomic E-state index is 0.450. The maximum absolute atomic E-state index is 5.72. The van der Waals surface area contributed by atoms with Gasteiger partial charge in [0.15, 0.2) is 0 Å². The third-order valence-electron chi connectivity index (χ3n) is 3.03. The number of pyridine rings is 1. The molecule has 0 saturated carbocycles. The molecule has 0 aliphatic rings. The Bertz CT molecular complexity index is 791. The van der Waals surface area contributed by atoms with Gasteiger partial charge in [-0.1, -0.05) is 23.9 Å². The Morgan fingerprint density at radius 1 is 1.22 bits per heavy atom. The normalized spacial score (nSPS) is 10.7. The fourth-order valence-electron chi connectivity index (χ4n) is 2.03. The van der Waals surface area contributed by atoms with Crippen LogP contribution in [0.5, 0.6) is 5.75 Å². The Kier molecular flexibility index (Phi) is 4.77. The van der Waals surface area contributed by atoms with Crippen molar-refractivity contribution < 1.29 is 9.15 Å². The highest BCUT2D eigenvalue weighted by Crippen LogP contribution is 2.31. The number of para-hydroxylation sites is 1. The largest absolute Gasteiger partial charge is 0.493 e. The minimum absolute atomic E-state index is 0.450. The Hall–Kier alpha value is -2.54. The van der Waals surface area contributed by atoms with Crippen LogP contribution in [-0.2, 0) is 5.75 Å². The van der Waals surface area contributed by atoms with Crippen molar-refractivity contribution in [1.82, 2.24) is 15.2 Å². The van der Waals surface area contributed by atoms with Crippen LogP contribution in [0.25, 0.3) is 11.5 Å². The lowest BCUT2D eigenvalue weighted by Gasteiger charge is -2.06. The number of thioether (sulfide) groups is 1. The number of nitrogen functional groups attached to an aromatic ring is 1. The second-order valence-corrected chi connectivity index (χ2v) is 5.61. The molecule has 0 amide bonds. The van der Waals surface area contributed by atoms with Crippen molar-refractivity contribution in [1.29, 1.82) is 0 Å². The molecule has 0 unspecified atom stereocenters. The van der Waals surface area contributed by atoms with Crippen LogP contribution in [0.4, 0.5) is 5.82 Å². The Morgan fingerprint density at radius 3 is 2.91 bits per heavy atom. The molecule has 0 radical (unpaired) electrons. The van der Waals surface area contributed by atoms with Crippen molar-refractivity contribution >= 4 is 17.6 Å². The Labute approximate surface area is 138 Å². The number of hydrogen-bond acceptors (Lipinski definition) is 7. The molecule has 1 aromatic carbocycles. The SMILES string of the molecule is CCOc1ccccc1-c1nnc(SCc2ccnc(N)c2)o1. The van der Waals surface area contributed by atoms with E-state index < -0.39 is 0 Å². The van der Waals surface area contributed by atoms with Gasteiger partial charge in [0.25, 0.3) is 11.1 Å². The van der Waals surface area contributed by atoms with Crippen LogP contribution in [-0.4, -0.2) is 21.8 Å². The molecule has 0 aliphatic carbocycles. The van der Waals surface area contributed by atoms with Gasteiger partial charge in [0, 0.05) is 11.9 Å². The topological polar surface area (TPSA) is 87.1 Å². The predicted molar refractivity (Wildman–Crippen MR) is 89.1 cm³/mol. The van der Waals surface area contributed by atoms with Crippen molar-refractivity contribution in [2.75, 3.05) is 12.3 Å². The van der Waals surface area contributed by atoms with Gasteiger partial charge in [-0.25, -0.2) is 4.98 Å². The van der Waals surface area contributed by atoms with Crippen molar-refractivity contribution in [2.24, 2.45) is 0 Å². The highest BCUT2D eigenvalue weighted by molar-refractivity contribution is 7.98. The van der Waals surface area contributed by atoms with Gasteiger partial charge in [-0.15, -0.1) is 10.2 Å². The standard InChI is InChI=1S/C16H16N4O2S/c1-2-21-13-6-4-3-5-12(13)15-19-20-16(22-15)23-10-11-7-8-18-14(17)9-11/h3-9H,2,10H2,1H3,(H2,17,18). The van der Waals surface area contributed by atoms with Crippen LogP contribution in [0.1, 0.15) is 12.5 Å². The summed E-state index contributed by atoms with van der Waals surface area (Å²) in [5.74, 6) is 2.37. The van der Waals surface area contributed by atoms with Gasteiger partial charge in [-0.3, -0.25) is 0 Å². The molecular formula is C16H16N4O2S. The quantitative estimate of drug-likeness (QED) is 0.694. The second kappa shape index (κ2) is 7.15. The lowest BCUT2D eigenvalue weighted by atomic mass is 10.2. The Balaban J connectivity index is 1.73. The minimum Gasteiger partial charge on any atom is -0.493 e. The van der Waals surface area contributed by atoms with Gasteiger partial charge < -0.3 is 14.9 Å². The van der Waals surface area contributed by atoms with Gasteiger partial charge in [-0.2, -0.15) is 0 Å². The van der Waals surface area contributed by atoms with E-state index in [1.54, 1.807) is 6.20 Å². The number of anilines is 1. The van der Waals surface area contributed by atoms with Crippen LogP contribution < -0.4 is 10.5 Å². The van der Waals surface area contributed by atoms with Crippen LogP contribution in [0.15, 0.2) is 52.2 Å². The summed E-state index contributed by atoms with van der Waals surface area (Å²) in [5.41, 5.74) is 7.51. The summed E-state index contributed by atoms with van der Waals surface area (Å²) in [5, 5.41) is 8.68. The predicted octanol–water partition coefficient (Wildman–Crippen LogP) is 3.40. The summed E-state index contributed by atoms with van der Waals surface area (Å²) >= 11 is 1.45. The zero-order valence-corrected chi connectivity index (χ0v) is 13.4. The molecule has 0 fully saturated rings. The van der Waals surface area contributed by atoms with Gasteiger partial charge in [0.2, 0.25) is 0 Å². The lowest BCUT2D eigenvalue weighted by Crippen LogP contribution is -1.93. The molecule has 23 heavy (non-hydrogen) atoms. The number of benzene rings is 1. The van der Waals surface area contributed by atoms with Crippen LogP contribution >= 0.6 is 11.8 Å². The van der Waals surface area contributed by atoms with Gasteiger partial charge in [0.05, 0.1) is 12.2 Å². The van der Waals surface area contributed by atoms with Crippen molar-refractivity contribution in [3.63, 3.8) is 0 Å². The first kappa shape index (κ1) is 15.4. The molecule has 0 saturated heterocycles.